The third-order valence-electron chi connectivity index (χ3n) is 6.25. The molecule has 40 heavy (non-hydrogen) atoms. The Bertz CT molecular complexity index is 808. The summed E-state index contributed by atoms with van der Waals surface area (Å²) in [6, 6.07) is 21.3. The number of hydrogen-bond acceptors (Lipinski definition) is 8. The summed E-state index contributed by atoms with van der Waals surface area (Å²) in [5.74, 6) is 0. The van der Waals surface area contributed by atoms with Crippen molar-refractivity contribution < 1.29 is 37.6 Å². The lowest BCUT2D eigenvalue weighted by Crippen LogP contribution is -2.66. The third kappa shape index (κ3) is 12.9. The van der Waals surface area contributed by atoms with Crippen molar-refractivity contribution >= 4 is 18.7 Å². The Hall–Kier alpha value is -1.66. The molecule has 0 aliphatic rings. The zero-order valence-electron chi connectivity index (χ0n) is 24.9. The summed E-state index contributed by atoms with van der Waals surface area (Å²) in [6.45, 7) is 14.4. The Kier molecular flexibility index (Phi) is 18.2. The van der Waals surface area contributed by atoms with E-state index in [2.05, 4.69) is 81.4 Å². The highest BCUT2D eigenvalue weighted by atomic mass is 28.4. The highest BCUT2D eigenvalue weighted by Crippen LogP contribution is 2.36. The molecule has 0 N–H and O–H groups in total. The highest BCUT2D eigenvalue weighted by molar-refractivity contribution is 6.99. The van der Waals surface area contributed by atoms with E-state index in [4.69, 9.17) is 37.6 Å². The van der Waals surface area contributed by atoms with E-state index in [1.807, 2.05) is 0 Å². The van der Waals surface area contributed by atoms with Crippen LogP contribution in [0.5, 0.6) is 0 Å². The number of methoxy groups -OCH3 is 1. The Balaban J connectivity index is 1.52. The third-order valence-corrected chi connectivity index (χ3v) is 11.3. The molecule has 2 rings (SSSR count). The van der Waals surface area contributed by atoms with Crippen molar-refractivity contribution in [1.82, 2.24) is 0 Å². The van der Waals surface area contributed by atoms with Gasteiger partial charge in [0.15, 0.2) is 0 Å². The van der Waals surface area contributed by atoms with Gasteiger partial charge in [-0.25, -0.2) is 0 Å². The summed E-state index contributed by atoms with van der Waals surface area (Å²) in [5.41, 5.74) is 0. The number of rotatable bonds is 24. The van der Waals surface area contributed by atoms with Gasteiger partial charge in [-0.3, -0.25) is 0 Å². The van der Waals surface area contributed by atoms with Crippen LogP contribution < -0.4 is 10.4 Å². The second-order valence-electron chi connectivity index (χ2n) is 10.2. The maximum Gasteiger partial charge on any atom is 0.261 e. The molecule has 226 valence electrons. The first-order valence-electron chi connectivity index (χ1n) is 14.2. The molecular formula is C31H50O8Si. The lowest BCUT2D eigenvalue weighted by atomic mass is 10.2. The molecule has 9 heteroatoms. The van der Waals surface area contributed by atoms with Crippen LogP contribution in [0.25, 0.3) is 0 Å². The van der Waals surface area contributed by atoms with Gasteiger partial charge in [-0.05, 0) is 15.4 Å². The van der Waals surface area contributed by atoms with E-state index >= 15 is 0 Å². The normalized spacial score (nSPS) is 12.2. The molecule has 0 radical (unpaired) electrons. The summed E-state index contributed by atoms with van der Waals surface area (Å²) in [6.07, 6.45) is 0. The van der Waals surface area contributed by atoms with Crippen molar-refractivity contribution in [2.24, 2.45) is 0 Å². The van der Waals surface area contributed by atoms with Gasteiger partial charge < -0.3 is 37.6 Å². The standard InChI is InChI=1S/C31H50O8Si/c1-31(2,3)40(29-11-7-5-8-12-29,30-13-9-6-10-14-30)39-28-27-38-26-25-37-24-23-36-22-21-35-20-19-34-18-17-33-16-15-32-4/h5-14H,15-28H2,1-4H3. The van der Waals surface area contributed by atoms with Crippen LogP contribution in [-0.4, -0.2) is 108 Å². The molecule has 2 aromatic rings. The molecule has 0 atom stereocenters. The van der Waals surface area contributed by atoms with Gasteiger partial charge >= 0.3 is 0 Å². The zero-order chi connectivity index (χ0) is 28.8. The van der Waals surface area contributed by atoms with Crippen molar-refractivity contribution in [3.63, 3.8) is 0 Å². The molecule has 0 aromatic heterocycles. The van der Waals surface area contributed by atoms with Gasteiger partial charge in [0.1, 0.15) is 0 Å². The van der Waals surface area contributed by atoms with Crippen LogP contribution in [0.2, 0.25) is 5.04 Å². The Morgan fingerprint density at radius 1 is 0.450 bits per heavy atom. The van der Waals surface area contributed by atoms with Gasteiger partial charge in [0.05, 0.1) is 92.5 Å². The topological polar surface area (TPSA) is 73.8 Å². The number of benzene rings is 2. The minimum atomic E-state index is -2.52. The summed E-state index contributed by atoms with van der Waals surface area (Å²) >= 11 is 0. The molecule has 0 aliphatic carbocycles. The lowest BCUT2D eigenvalue weighted by molar-refractivity contribution is -0.0200. The predicted molar refractivity (Wildman–Crippen MR) is 160 cm³/mol. The Morgan fingerprint density at radius 3 is 1.05 bits per heavy atom. The molecule has 0 spiro atoms. The summed E-state index contributed by atoms with van der Waals surface area (Å²) < 4.78 is 44.9. The molecule has 8 nitrogen and oxygen atoms in total. The fourth-order valence-electron chi connectivity index (χ4n) is 4.36. The number of ether oxygens (including phenoxy) is 7. The molecule has 0 saturated carbocycles. The highest BCUT2D eigenvalue weighted by Gasteiger charge is 2.49. The van der Waals surface area contributed by atoms with Gasteiger partial charge in [-0.1, -0.05) is 81.4 Å². The fourth-order valence-corrected chi connectivity index (χ4v) is 8.90. The number of hydrogen-bond donors (Lipinski definition) is 0. The van der Waals surface area contributed by atoms with Crippen molar-refractivity contribution in [3.8, 4) is 0 Å². The maximum absolute atomic E-state index is 6.83. The van der Waals surface area contributed by atoms with E-state index in [9.17, 15) is 0 Å². The quantitative estimate of drug-likeness (QED) is 0.139. The predicted octanol–water partition coefficient (Wildman–Crippen LogP) is 3.31. The fraction of sp³-hybridized carbons (Fsp3) is 0.613. The first-order chi connectivity index (χ1) is 19.5. The molecule has 0 unspecified atom stereocenters. The van der Waals surface area contributed by atoms with E-state index in [-0.39, 0.29) is 5.04 Å². The van der Waals surface area contributed by atoms with E-state index in [0.29, 0.717) is 92.5 Å². The SMILES string of the molecule is COCCOCCOCCOCCOCCOCCOCCO[Si](c1ccccc1)(c1ccccc1)C(C)(C)C. The second kappa shape index (κ2) is 21.1. The van der Waals surface area contributed by atoms with Crippen molar-refractivity contribution in [2.45, 2.75) is 25.8 Å². The molecule has 2 aromatic carbocycles. The van der Waals surface area contributed by atoms with Crippen LogP contribution in [0.4, 0.5) is 0 Å². The molecule has 0 saturated heterocycles. The monoisotopic (exact) mass is 578 g/mol. The summed E-state index contributed by atoms with van der Waals surface area (Å²) in [5, 5.41) is 2.50. The second-order valence-corrected chi connectivity index (χ2v) is 14.5. The summed E-state index contributed by atoms with van der Waals surface area (Å²) in [4.78, 5) is 0. The molecule has 0 bridgehead atoms. The van der Waals surface area contributed by atoms with Gasteiger partial charge in [0.25, 0.3) is 8.32 Å². The molecule has 0 amide bonds. The van der Waals surface area contributed by atoms with Crippen LogP contribution in [0.3, 0.4) is 0 Å². The van der Waals surface area contributed by atoms with Gasteiger partial charge in [0, 0.05) is 7.11 Å². The molecular weight excluding hydrogens is 528 g/mol. The van der Waals surface area contributed by atoms with E-state index in [1.165, 1.54) is 10.4 Å². The lowest BCUT2D eigenvalue weighted by Gasteiger charge is -2.43. The van der Waals surface area contributed by atoms with Gasteiger partial charge in [-0.2, -0.15) is 0 Å². The summed E-state index contributed by atoms with van der Waals surface area (Å²) in [7, 11) is -0.866. The van der Waals surface area contributed by atoms with Crippen LogP contribution in [0.1, 0.15) is 20.8 Å². The average molecular weight is 579 g/mol. The minimum absolute atomic E-state index is 0.0445. The van der Waals surface area contributed by atoms with E-state index < -0.39 is 8.32 Å². The smallest absolute Gasteiger partial charge is 0.261 e. The zero-order valence-corrected chi connectivity index (χ0v) is 25.9. The van der Waals surface area contributed by atoms with E-state index in [1.54, 1.807) is 7.11 Å². The van der Waals surface area contributed by atoms with Crippen molar-refractivity contribution in [1.29, 1.82) is 0 Å². The minimum Gasteiger partial charge on any atom is -0.405 e. The van der Waals surface area contributed by atoms with Gasteiger partial charge in [-0.15, -0.1) is 0 Å². The maximum atomic E-state index is 6.83. The van der Waals surface area contributed by atoms with Crippen LogP contribution in [-0.2, 0) is 37.6 Å². The Morgan fingerprint density at radius 2 is 0.750 bits per heavy atom. The Labute approximate surface area is 242 Å². The first-order valence-corrected chi connectivity index (χ1v) is 16.1. The molecule has 0 heterocycles. The van der Waals surface area contributed by atoms with Crippen molar-refractivity contribution in [2.75, 3.05) is 99.6 Å². The first kappa shape index (κ1) is 34.5. The van der Waals surface area contributed by atoms with Gasteiger partial charge in [0.2, 0.25) is 0 Å². The largest absolute Gasteiger partial charge is 0.405 e. The average Bonchev–Trinajstić information content (AvgIpc) is 2.96. The molecule has 0 fully saturated rings. The van der Waals surface area contributed by atoms with E-state index in [0.717, 1.165) is 0 Å². The van der Waals surface area contributed by atoms with Crippen molar-refractivity contribution in [3.05, 3.63) is 60.7 Å². The van der Waals surface area contributed by atoms with Crippen LogP contribution in [0.15, 0.2) is 60.7 Å². The molecule has 0 aliphatic heterocycles. The van der Waals surface area contributed by atoms with Crippen LogP contribution >= 0.6 is 0 Å². The van der Waals surface area contributed by atoms with Crippen LogP contribution in [0, 0.1) is 0 Å².